The lowest BCUT2D eigenvalue weighted by Crippen LogP contribution is -2.22. The molecule has 1 aliphatic rings. The molecule has 4 heteroatoms. The molecule has 0 heterocycles. The summed E-state index contributed by atoms with van der Waals surface area (Å²) >= 11 is 0. The third-order valence-corrected chi connectivity index (χ3v) is 5.19. The molecular weight excluding hydrogens is 314 g/mol. The average molecular weight is 347 g/mol. The molecule has 140 valence electrons. The van der Waals surface area contributed by atoms with Crippen LogP contribution >= 0.6 is 0 Å². The van der Waals surface area contributed by atoms with Gasteiger partial charge in [-0.2, -0.15) is 0 Å². The van der Waals surface area contributed by atoms with E-state index in [1.807, 2.05) is 19.9 Å². The number of Topliss-reactive ketones (excluding diaryl/α,β-unsaturated/α-hetero) is 1. The highest BCUT2D eigenvalue weighted by Crippen LogP contribution is 2.31. The van der Waals surface area contributed by atoms with E-state index in [1.165, 1.54) is 26.4 Å². The van der Waals surface area contributed by atoms with Gasteiger partial charge in [0, 0.05) is 11.3 Å². The average Bonchev–Trinajstić information content (AvgIpc) is 2.61. The van der Waals surface area contributed by atoms with Crippen molar-refractivity contribution in [3.8, 4) is 0 Å². The number of methoxy groups -OCH3 is 1. The molecule has 2 rings (SSSR count). The van der Waals surface area contributed by atoms with Gasteiger partial charge in [0.2, 0.25) is 0 Å². The first-order valence-electron chi connectivity index (χ1n) is 9.31. The molecule has 0 spiro atoms. The molecule has 1 aromatic rings. The van der Waals surface area contributed by atoms with Crippen LogP contribution in [0.5, 0.6) is 0 Å². The molecule has 1 saturated carbocycles. The molecule has 0 unspecified atom stereocenters. The molecule has 25 heavy (non-hydrogen) atoms. The maximum Gasteiger partial charge on any atom is 0.308 e. The number of carbonyl (C=O) groups excluding carboxylic acids is 2. The summed E-state index contributed by atoms with van der Waals surface area (Å²) in [4.78, 5) is 22.4. The molecule has 0 saturated heterocycles. The number of ether oxygens (including phenoxy) is 1. The molecule has 1 aromatic carbocycles. The first kappa shape index (κ1) is 21.2. The Kier molecular flexibility index (Phi) is 8.67. The lowest BCUT2D eigenvalue weighted by Gasteiger charge is -2.25. The number of anilines is 1. The van der Waals surface area contributed by atoms with Crippen LogP contribution in [0.1, 0.15) is 74.4 Å². The summed E-state index contributed by atoms with van der Waals surface area (Å²) in [6, 6.07) is 3.67. The Morgan fingerprint density at radius 3 is 2.20 bits per heavy atom. The van der Waals surface area contributed by atoms with Gasteiger partial charge in [-0.05, 0) is 75.1 Å². The maximum atomic E-state index is 11.3. The number of ketones is 1. The second-order valence-electron chi connectivity index (χ2n) is 6.92. The number of aryl methyl sites for hydroxylation is 1. The smallest absolute Gasteiger partial charge is 0.308 e. The Morgan fingerprint density at radius 1 is 1.16 bits per heavy atom. The zero-order valence-corrected chi connectivity index (χ0v) is 16.4. The van der Waals surface area contributed by atoms with Crippen LogP contribution in [-0.4, -0.2) is 18.9 Å². The van der Waals surface area contributed by atoms with E-state index in [-0.39, 0.29) is 17.7 Å². The van der Waals surface area contributed by atoms with Gasteiger partial charge in [0.15, 0.2) is 5.78 Å². The summed E-state index contributed by atoms with van der Waals surface area (Å²) in [5.74, 6) is 1.13. The minimum Gasteiger partial charge on any atom is -0.469 e. The Hall–Kier alpha value is -1.84. The maximum absolute atomic E-state index is 11.3. The van der Waals surface area contributed by atoms with Gasteiger partial charge in [-0.3, -0.25) is 9.59 Å². The summed E-state index contributed by atoms with van der Waals surface area (Å²) in [5, 5.41) is 0. The van der Waals surface area contributed by atoms with Crippen LogP contribution in [0.15, 0.2) is 12.1 Å². The quantitative estimate of drug-likeness (QED) is 0.486. The summed E-state index contributed by atoms with van der Waals surface area (Å²) in [6.45, 7) is 7.84. The van der Waals surface area contributed by atoms with Crippen LogP contribution in [0, 0.1) is 18.8 Å². The topological polar surface area (TPSA) is 69.4 Å². The van der Waals surface area contributed by atoms with Crippen LogP contribution < -0.4 is 5.73 Å². The molecule has 0 atom stereocenters. The normalized spacial score (nSPS) is 19.6. The number of esters is 1. The largest absolute Gasteiger partial charge is 0.469 e. The van der Waals surface area contributed by atoms with Gasteiger partial charge in [0.25, 0.3) is 0 Å². The number of hydrogen-bond donors (Lipinski definition) is 1. The van der Waals surface area contributed by atoms with E-state index in [9.17, 15) is 9.59 Å². The van der Waals surface area contributed by atoms with Gasteiger partial charge < -0.3 is 10.5 Å². The SMILES string of the molecule is CCC1CCC(C(=O)OC)CC1.CCc1c(C)cc(N)cc1C(C)=O. The predicted octanol–water partition coefficient (Wildman–Crippen LogP) is 4.72. The third-order valence-electron chi connectivity index (χ3n) is 5.19. The highest BCUT2D eigenvalue weighted by atomic mass is 16.5. The number of nitrogens with two attached hydrogens (primary N) is 1. The molecule has 0 radical (unpaired) electrons. The molecule has 1 fully saturated rings. The van der Waals surface area contributed by atoms with Gasteiger partial charge in [-0.25, -0.2) is 0 Å². The highest BCUT2D eigenvalue weighted by molar-refractivity contribution is 5.96. The van der Waals surface area contributed by atoms with Crippen molar-refractivity contribution in [3.63, 3.8) is 0 Å². The van der Waals surface area contributed by atoms with E-state index in [0.717, 1.165) is 41.9 Å². The molecule has 2 N–H and O–H groups in total. The predicted molar refractivity (Wildman–Crippen MR) is 103 cm³/mol. The standard InChI is InChI=1S/C11H15NO.C10H18O2/c1-4-10-7(2)5-9(12)6-11(10)8(3)13;1-3-8-4-6-9(7-5-8)10(11)12-2/h5-6H,4,12H2,1-3H3;8-9H,3-7H2,1-2H3. The number of benzene rings is 1. The van der Waals surface area contributed by atoms with Crippen molar-refractivity contribution in [2.75, 3.05) is 12.8 Å². The van der Waals surface area contributed by atoms with E-state index < -0.39 is 0 Å². The Bertz CT molecular complexity index is 587. The molecule has 0 amide bonds. The van der Waals surface area contributed by atoms with Gasteiger partial charge in [-0.1, -0.05) is 20.3 Å². The van der Waals surface area contributed by atoms with E-state index >= 15 is 0 Å². The van der Waals surface area contributed by atoms with E-state index in [1.54, 1.807) is 13.0 Å². The molecule has 0 aromatic heterocycles. The van der Waals surface area contributed by atoms with Crippen LogP contribution in [0.3, 0.4) is 0 Å². The number of nitrogen functional groups attached to an aromatic ring is 1. The van der Waals surface area contributed by atoms with Crippen LogP contribution in [-0.2, 0) is 16.0 Å². The zero-order valence-electron chi connectivity index (χ0n) is 16.4. The highest BCUT2D eigenvalue weighted by Gasteiger charge is 2.25. The lowest BCUT2D eigenvalue weighted by molar-refractivity contribution is -0.146. The second-order valence-corrected chi connectivity index (χ2v) is 6.92. The third kappa shape index (κ3) is 6.18. The van der Waals surface area contributed by atoms with Crippen molar-refractivity contribution in [1.29, 1.82) is 0 Å². The second kappa shape index (κ2) is 10.2. The molecule has 0 bridgehead atoms. The van der Waals surface area contributed by atoms with Crippen LogP contribution in [0.2, 0.25) is 0 Å². The van der Waals surface area contributed by atoms with Gasteiger partial charge in [-0.15, -0.1) is 0 Å². The molecule has 4 nitrogen and oxygen atoms in total. The first-order valence-corrected chi connectivity index (χ1v) is 9.31. The van der Waals surface area contributed by atoms with Crippen molar-refractivity contribution >= 4 is 17.4 Å². The van der Waals surface area contributed by atoms with Crippen LogP contribution in [0.25, 0.3) is 0 Å². The number of hydrogen-bond acceptors (Lipinski definition) is 4. The minimum atomic E-state index is -0.00967. The van der Waals surface area contributed by atoms with E-state index in [0.29, 0.717) is 5.69 Å². The zero-order chi connectivity index (χ0) is 19.0. The van der Waals surface area contributed by atoms with Crippen molar-refractivity contribution < 1.29 is 14.3 Å². The molecular formula is C21H33NO3. The Balaban J connectivity index is 0.000000251. The monoisotopic (exact) mass is 347 g/mol. The lowest BCUT2D eigenvalue weighted by atomic mass is 9.81. The number of rotatable bonds is 4. The fourth-order valence-corrected chi connectivity index (χ4v) is 3.60. The summed E-state index contributed by atoms with van der Waals surface area (Å²) < 4.78 is 4.72. The molecule has 0 aliphatic heterocycles. The van der Waals surface area contributed by atoms with Crippen molar-refractivity contribution in [3.05, 3.63) is 28.8 Å². The summed E-state index contributed by atoms with van der Waals surface area (Å²) in [6.07, 6.45) is 6.61. The van der Waals surface area contributed by atoms with E-state index in [2.05, 4.69) is 6.92 Å². The number of carbonyl (C=O) groups is 2. The van der Waals surface area contributed by atoms with Crippen LogP contribution in [0.4, 0.5) is 5.69 Å². The fraction of sp³-hybridized carbons (Fsp3) is 0.619. The van der Waals surface area contributed by atoms with Gasteiger partial charge in [0.1, 0.15) is 0 Å². The van der Waals surface area contributed by atoms with Crippen molar-refractivity contribution in [1.82, 2.24) is 0 Å². The van der Waals surface area contributed by atoms with Gasteiger partial charge >= 0.3 is 5.97 Å². The Labute approximate surface area is 152 Å². The Morgan fingerprint density at radius 2 is 1.76 bits per heavy atom. The van der Waals surface area contributed by atoms with E-state index in [4.69, 9.17) is 10.5 Å². The van der Waals surface area contributed by atoms with Gasteiger partial charge in [0.05, 0.1) is 13.0 Å². The first-order chi connectivity index (χ1) is 11.8. The van der Waals surface area contributed by atoms with Crippen molar-refractivity contribution in [2.24, 2.45) is 11.8 Å². The molecule has 1 aliphatic carbocycles. The minimum absolute atomic E-state index is 0.00967. The fourth-order valence-electron chi connectivity index (χ4n) is 3.60. The summed E-state index contributed by atoms with van der Waals surface area (Å²) in [5.41, 5.74) is 9.32. The van der Waals surface area contributed by atoms with Crippen molar-refractivity contribution in [2.45, 2.75) is 66.2 Å². The summed E-state index contributed by atoms with van der Waals surface area (Å²) in [7, 11) is 1.48.